The standard InChI is InChI=1S/C16H15N3/c1-19(2)15-8-4-3-6-13(15)16-12-7-5-10-17-14(12)9-11-18-16/h3-11H,1-2H3. The molecule has 3 nitrogen and oxygen atoms in total. The van der Waals surface area contributed by atoms with E-state index in [0.29, 0.717) is 0 Å². The molecule has 94 valence electrons. The first kappa shape index (κ1) is 11.7. The van der Waals surface area contributed by atoms with Crippen molar-refractivity contribution in [3.8, 4) is 11.3 Å². The van der Waals surface area contributed by atoms with E-state index in [-0.39, 0.29) is 0 Å². The van der Waals surface area contributed by atoms with Crippen molar-refractivity contribution in [2.45, 2.75) is 0 Å². The van der Waals surface area contributed by atoms with Crippen LogP contribution in [0, 0.1) is 0 Å². The van der Waals surface area contributed by atoms with Crippen LogP contribution in [-0.2, 0) is 0 Å². The summed E-state index contributed by atoms with van der Waals surface area (Å²) < 4.78 is 0. The first-order valence-electron chi connectivity index (χ1n) is 6.24. The van der Waals surface area contributed by atoms with Crippen molar-refractivity contribution in [2.24, 2.45) is 0 Å². The van der Waals surface area contributed by atoms with Gasteiger partial charge in [-0.25, -0.2) is 0 Å². The topological polar surface area (TPSA) is 29.0 Å². The molecule has 0 aliphatic heterocycles. The third-order valence-electron chi connectivity index (χ3n) is 3.17. The lowest BCUT2D eigenvalue weighted by Gasteiger charge is -2.17. The summed E-state index contributed by atoms with van der Waals surface area (Å²) in [4.78, 5) is 11.0. The van der Waals surface area contributed by atoms with Crippen molar-refractivity contribution in [2.75, 3.05) is 19.0 Å². The summed E-state index contributed by atoms with van der Waals surface area (Å²) in [5, 5.41) is 1.08. The van der Waals surface area contributed by atoms with Gasteiger partial charge in [0.05, 0.1) is 11.2 Å². The minimum atomic E-state index is 0.973. The monoisotopic (exact) mass is 249 g/mol. The van der Waals surface area contributed by atoms with Gasteiger partial charge in [-0.2, -0.15) is 0 Å². The quantitative estimate of drug-likeness (QED) is 0.697. The normalized spacial score (nSPS) is 10.6. The summed E-state index contributed by atoms with van der Waals surface area (Å²) in [7, 11) is 4.09. The Kier molecular flexibility index (Phi) is 2.88. The number of aromatic nitrogens is 2. The fourth-order valence-corrected chi connectivity index (χ4v) is 2.28. The van der Waals surface area contributed by atoms with Gasteiger partial charge in [0.2, 0.25) is 0 Å². The lowest BCUT2D eigenvalue weighted by molar-refractivity contribution is 1.13. The Bertz CT molecular complexity index is 715. The SMILES string of the molecule is CN(C)c1ccccc1-c1nccc2ncccc12. The fraction of sp³-hybridized carbons (Fsp3) is 0.125. The minimum absolute atomic E-state index is 0.973. The minimum Gasteiger partial charge on any atom is -0.377 e. The third kappa shape index (κ3) is 2.03. The molecule has 0 aliphatic rings. The Hall–Kier alpha value is -2.42. The zero-order valence-electron chi connectivity index (χ0n) is 11.0. The van der Waals surface area contributed by atoms with Crippen molar-refractivity contribution in [3.63, 3.8) is 0 Å². The van der Waals surface area contributed by atoms with Gasteiger partial charge in [0.15, 0.2) is 0 Å². The van der Waals surface area contributed by atoms with Crippen LogP contribution >= 0.6 is 0 Å². The van der Waals surface area contributed by atoms with E-state index in [1.54, 1.807) is 0 Å². The Morgan fingerprint density at radius 1 is 0.842 bits per heavy atom. The number of nitrogens with zero attached hydrogens (tertiary/aromatic N) is 3. The molecule has 1 aromatic carbocycles. The highest BCUT2D eigenvalue weighted by Gasteiger charge is 2.10. The summed E-state index contributed by atoms with van der Waals surface area (Å²) in [5.41, 5.74) is 4.24. The number of hydrogen-bond acceptors (Lipinski definition) is 3. The van der Waals surface area contributed by atoms with Gasteiger partial charge in [-0.3, -0.25) is 9.97 Å². The second kappa shape index (κ2) is 4.69. The van der Waals surface area contributed by atoms with E-state index in [9.17, 15) is 0 Å². The van der Waals surface area contributed by atoms with E-state index in [1.807, 2.05) is 50.8 Å². The van der Waals surface area contributed by atoms with Crippen LogP contribution in [0.2, 0.25) is 0 Å². The summed E-state index contributed by atoms with van der Waals surface area (Å²) in [6.45, 7) is 0. The Labute approximate surface area is 112 Å². The van der Waals surface area contributed by atoms with Crippen molar-refractivity contribution >= 4 is 16.6 Å². The van der Waals surface area contributed by atoms with Crippen LogP contribution in [0.1, 0.15) is 0 Å². The molecule has 3 heteroatoms. The predicted octanol–water partition coefficient (Wildman–Crippen LogP) is 3.36. The summed E-state index contributed by atoms with van der Waals surface area (Å²) in [5.74, 6) is 0. The van der Waals surface area contributed by atoms with Gasteiger partial charge in [0.1, 0.15) is 0 Å². The number of fused-ring (bicyclic) bond motifs is 1. The maximum atomic E-state index is 4.55. The molecule has 0 bridgehead atoms. The highest BCUT2D eigenvalue weighted by atomic mass is 15.1. The molecule has 0 saturated heterocycles. The highest BCUT2D eigenvalue weighted by Crippen LogP contribution is 2.32. The van der Waals surface area contributed by atoms with E-state index in [1.165, 1.54) is 0 Å². The van der Waals surface area contributed by atoms with E-state index >= 15 is 0 Å². The molecule has 0 atom stereocenters. The largest absolute Gasteiger partial charge is 0.377 e. The zero-order valence-corrected chi connectivity index (χ0v) is 11.0. The molecule has 0 radical (unpaired) electrons. The third-order valence-corrected chi connectivity index (χ3v) is 3.17. The van der Waals surface area contributed by atoms with Crippen LogP contribution in [0.5, 0.6) is 0 Å². The number of anilines is 1. The average Bonchev–Trinajstić information content (AvgIpc) is 2.46. The van der Waals surface area contributed by atoms with Crippen LogP contribution in [0.3, 0.4) is 0 Å². The molecule has 3 aromatic rings. The molecule has 0 spiro atoms. The van der Waals surface area contributed by atoms with Gasteiger partial charge in [0.25, 0.3) is 0 Å². The van der Waals surface area contributed by atoms with Gasteiger partial charge in [-0.05, 0) is 24.3 Å². The molecular weight excluding hydrogens is 234 g/mol. The predicted molar refractivity (Wildman–Crippen MR) is 79.3 cm³/mol. The van der Waals surface area contributed by atoms with Gasteiger partial charge in [0, 0.05) is 43.1 Å². The molecule has 2 aromatic heterocycles. The maximum absolute atomic E-state index is 4.55. The van der Waals surface area contributed by atoms with E-state index in [4.69, 9.17) is 0 Å². The Morgan fingerprint density at radius 2 is 1.68 bits per heavy atom. The summed E-state index contributed by atoms with van der Waals surface area (Å²) >= 11 is 0. The van der Waals surface area contributed by atoms with E-state index in [0.717, 1.165) is 27.8 Å². The van der Waals surface area contributed by atoms with Crippen LogP contribution in [-0.4, -0.2) is 24.1 Å². The smallest absolute Gasteiger partial charge is 0.0816 e. The molecule has 3 rings (SSSR count). The van der Waals surface area contributed by atoms with Crippen LogP contribution < -0.4 is 4.90 Å². The summed E-state index contributed by atoms with van der Waals surface area (Å²) in [6.07, 6.45) is 3.63. The number of hydrogen-bond donors (Lipinski definition) is 0. The Morgan fingerprint density at radius 3 is 2.53 bits per heavy atom. The molecule has 0 fully saturated rings. The van der Waals surface area contributed by atoms with Crippen molar-refractivity contribution in [3.05, 3.63) is 54.9 Å². The first-order valence-corrected chi connectivity index (χ1v) is 6.24. The fourth-order valence-electron chi connectivity index (χ4n) is 2.28. The molecule has 0 N–H and O–H groups in total. The second-order valence-corrected chi connectivity index (χ2v) is 4.64. The molecule has 0 aliphatic carbocycles. The van der Waals surface area contributed by atoms with Gasteiger partial charge in [-0.15, -0.1) is 0 Å². The van der Waals surface area contributed by atoms with E-state index < -0.39 is 0 Å². The first-order chi connectivity index (χ1) is 9.27. The van der Waals surface area contributed by atoms with Crippen molar-refractivity contribution in [1.82, 2.24) is 9.97 Å². The molecular formula is C16H15N3. The average molecular weight is 249 g/mol. The molecule has 0 saturated carbocycles. The Balaban J connectivity index is 2.31. The number of para-hydroxylation sites is 1. The zero-order chi connectivity index (χ0) is 13.2. The molecule has 0 amide bonds. The van der Waals surface area contributed by atoms with Gasteiger partial charge >= 0.3 is 0 Å². The van der Waals surface area contributed by atoms with Crippen molar-refractivity contribution in [1.29, 1.82) is 0 Å². The number of benzene rings is 1. The van der Waals surface area contributed by atoms with Crippen LogP contribution in [0.15, 0.2) is 54.9 Å². The van der Waals surface area contributed by atoms with E-state index in [2.05, 4.69) is 33.1 Å². The van der Waals surface area contributed by atoms with Crippen LogP contribution in [0.4, 0.5) is 5.69 Å². The molecule has 2 heterocycles. The second-order valence-electron chi connectivity index (χ2n) is 4.64. The lowest BCUT2D eigenvalue weighted by atomic mass is 10.0. The van der Waals surface area contributed by atoms with Crippen LogP contribution in [0.25, 0.3) is 22.2 Å². The molecule has 19 heavy (non-hydrogen) atoms. The lowest BCUT2D eigenvalue weighted by Crippen LogP contribution is -2.10. The maximum Gasteiger partial charge on any atom is 0.0816 e. The van der Waals surface area contributed by atoms with Gasteiger partial charge in [-0.1, -0.05) is 18.2 Å². The van der Waals surface area contributed by atoms with Gasteiger partial charge < -0.3 is 4.90 Å². The molecule has 0 unspecified atom stereocenters. The summed E-state index contributed by atoms with van der Waals surface area (Å²) in [6, 6.07) is 14.2. The van der Waals surface area contributed by atoms with Crippen molar-refractivity contribution < 1.29 is 0 Å². The number of pyridine rings is 2. The highest BCUT2D eigenvalue weighted by molar-refractivity contribution is 5.95. The number of rotatable bonds is 2.